The highest BCUT2D eigenvalue weighted by Crippen LogP contribution is 2.23. The topological polar surface area (TPSA) is 165 Å². The molecule has 0 radical (unpaired) electrons. The molecule has 0 spiro atoms. The number of anilines is 3. The van der Waals surface area contributed by atoms with Crippen molar-refractivity contribution in [1.82, 2.24) is 9.97 Å². The average molecular weight is 396 g/mol. The molecule has 2 amide bonds. The Morgan fingerprint density at radius 1 is 1.32 bits per heavy atom. The number of benzene rings is 1. The molecule has 150 valence electrons. The Labute approximate surface area is 157 Å². The fourth-order valence-corrected chi connectivity index (χ4v) is 2.29. The summed E-state index contributed by atoms with van der Waals surface area (Å²) in [4.78, 5) is 41.6. The molecule has 0 aliphatic rings. The van der Waals surface area contributed by atoms with E-state index in [0.29, 0.717) is 6.42 Å². The molecule has 0 aliphatic carbocycles. The van der Waals surface area contributed by atoms with Gasteiger partial charge in [-0.25, -0.2) is 0 Å². The lowest BCUT2D eigenvalue weighted by Gasteiger charge is -2.16. The van der Waals surface area contributed by atoms with Gasteiger partial charge in [0.1, 0.15) is 17.4 Å². The van der Waals surface area contributed by atoms with Crippen molar-refractivity contribution in [3.05, 3.63) is 40.2 Å². The molecule has 28 heavy (non-hydrogen) atoms. The third kappa shape index (κ3) is 5.16. The van der Waals surface area contributed by atoms with E-state index >= 15 is 0 Å². The quantitative estimate of drug-likeness (QED) is 0.420. The molecule has 7 N–H and O–H groups in total. The summed E-state index contributed by atoms with van der Waals surface area (Å²) < 4.78 is 29.0. The van der Waals surface area contributed by atoms with Gasteiger partial charge >= 0.3 is 6.61 Å². The molecule has 2 aromatic rings. The Hall–Kier alpha value is -3.70. The van der Waals surface area contributed by atoms with Gasteiger partial charge in [0.2, 0.25) is 11.9 Å². The molecule has 12 heteroatoms. The SMILES string of the molecule is CCC(Nc1nc(Nc2cccc(OC(F)F)c2)c(C(N)=O)c(=O)[nH]1)C(N)=O. The summed E-state index contributed by atoms with van der Waals surface area (Å²) >= 11 is 0. The highest BCUT2D eigenvalue weighted by molar-refractivity contribution is 5.98. The second-order valence-corrected chi connectivity index (χ2v) is 5.54. The van der Waals surface area contributed by atoms with E-state index in [9.17, 15) is 23.2 Å². The zero-order chi connectivity index (χ0) is 20.8. The van der Waals surface area contributed by atoms with Crippen molar-refractivity contribution < 1.29 is 23.1 Å². The molecule has 1 aromatic heterocycles. The first-order valence-corrected chi connectivity index (χ1v) is 8.03. The van der Waals surface area contributed by atoms with Gasteiger partial charge in [-0.2, -0.15) is 13.8 Å². The molecule has 1 heterocycles. The summed E-state index contributed by atoms with van der Waals surface area (Å²) in [7, 11) is 0. The molecule has 1 aromatic carbocycles. The summed E-state index contributed by atoms with van der Waals surface area (Å²) in [5.41, 5.74) is 9.32. The van der Waals surface area contributed by atoms with Crippen LogP contribution >= 0.6 is 0 Å². The lowest BCUT2D eigenvalue weighted by Crippen LogP contribution is -2.36. The van der Waals surface area contributed by atoms with E-state index in [1.807, 2.05) is 0 Å². The van der Waals surface area contributed by atoms with Gasteiger partial charge in [0.05, 0.1) is 0 Å². The van der Waals surface area contributed by atoms with E-state index in [1.165, 1.54) is 24.3 Å². The van der Waals surface area contributed by atoms with Crippen molar-refractivity contribution in [1.29, 1.82) is 0 Å². The van der Waals surface area contributed by atoms with Crippen LogP contribution in [0.25, 0.3) is 0 Å². The van der Waals surface area contributed by atoms with E-state index in [0.717, 1.165) is 0 Å². The van der Waals surface area contributed by atoms with Crippen LogP contribution in [0.5, 0.6) is 5.75 Å². The summed E-state index contributed by atoms with van der Waals surface area (Å²) in [6.07, 6.45) is 0.312. The number of carbonyl (C=O) groups excluding carboxylic acids is 2. The third-order valence-corrected chi connectivity index (χ3v) is 3.55. The molecule has 0 saturated heterocycles. The number of nitrogens with one attached hydrogen (secondary N) is 3. The van der Waals surface area contributed by atoms with Crippen LogP contribution in [-0.4, -0.2) is 34.4 Å². The van der Waals surface area contributed by atoms with Crippen LogP contribution in [-0.2, 0) is 4.79 Å². The minimum absolute atomic E-state index is 0.136. The maximum atomic E-state index is 12.4. The lowest BCUT2D eigenvalue weighted by atomic mass is 10.2. The lowest BCUT2D eigenvalue weighted by molar-refractivity contribution is -0.118. The number of primary amides is 2. The fraction of sp³-hybridized carbons (Fsp3) is 0.250. The summed E-state index contributed by atoms with van der Waals surface area (Å²) in [6.45, 7) is -1.34. The Bertz CT molecular complexity index is 934. The van der Waals surface area contributed by atoms with E-state index < -0.39 is 35.6 Å². The van der Waals surface area contributed by atoms with Gasteiger partial charge in [-0.05, 0) is 18.6 Å². The molecule has 1 unspecified atom stereocenters. The molecular formula is C16H18F2N6O4. The molecule has 0 fully saturated rings. The number of nitrogens with two attached hydrogens (primary N) is 2. The van der Waals surface area contributed by atoms with Crippen LogP contribution < -0.4 is 32.4 Å². The average Bonchev–Trinajstić information content (AvgIpc) is 2.58. The van der Waals surface area contributed by atoms with Crippen molar-refractivity contribution in [3.8, 4) is 5.75 Å². The molecule has 0 bridgehead atoms. The Morgan fingerprint density at radius 3 is 2.61 bits per heavy atom. The number of carbonyl (C=O) groups is 2. The first-order valence-electron chi connectivity index (χ1n) is 8.03. The molecule has 2 rings (SSSR count). The predicted octanol–water partition coefficient (Wildman–Crippen LogP) is 0.890. The second kappa shape index (κ2) is 8.79. The number of alkyl halides is 2. The Balaban J connectivity index is 2.42. The van der Waals surface area contributed by atoms with Crippen molar-refractivity contribution in [2.24, 2.45) is 11.5 Å². The van der Waals surface area contributed by atoms with Crippen molar-refractivity contribution in [2.75, 3.05) is 10.6 Å². The fourth-order valence-electron chi connectivity index (χ4n) is 2.29. The largest absolute Gasteiger partial charge is 0.435 e. The van der Waals surface area contributed by atoms with Crippen molar-refractivity contribution in [3.63, 3.8) is 0 Å². The van der Waals surface area contributed by atoms with Crippen LogP contribution in [0.15, 0.2) is 29.1 Å². The van der Waals surface area contributed by atoms with Crippen LogP contribution in [0.4, 0.5) is 26.2 Å². The maximum Gasteiger partial charge on any atom is 0.387 e. The molecular weight excluding hydrogens is 378 g/mol. The van der Waals surface area contributed by atoms with Crippen LogP contribution in [0.2, 0.25) is 0 Å². The number of aromatic amines is 1. The van der Waals surface area contributed by atoms with Gasteiger partial charge in [0.25, 0.3) is 11.5 Å². The van der Waals surface area contributed by atoms with E-state index in [4.69, 9.17) is 11.5 Å². The second-order valence-electron chi connectivity index (χ2n) is 5.54. The monoisotopic (exact) mass is 396 g/mol. The number of nitrogens with zero attached hydrogens (tertiary/aromatic N) is 1. The Kier molecular flexibility index (Phi) is 6.47. The number of rotatable bonds is 9. The van der Waals surface area contributed by atoms with E-state index in [2.05, 4.69) is 25.3 Å². The Morgan fingerprint density at radius 2 is 2.04 bits per heavy atom. The summed E-state index contributed by atoms with van der Waals surface area (Å²) in [6, 6.07) is 4.57. The van der Waals surface area contributed by atoms with Gasteiger partial charge in [0, 0.05) is 11.8 Å². The molecule has 0 saturated carbocycles. The van der Waals surface area contributed by atoms with Crippen LogP contribution in [0, 0.1) is 0 Å². The number of ether oxygens (including phenoxy) is 1. The third-order valence-electron chi connectivity index (χ3n) is 3.55. The maximum absolute atomic E-state index is 12.4. The normalized spacial score (nSPS) is 11.7. The number of halogens is 2. The van der Waals surface area contributed by atoms with Crippen molar-refractivity contribution in [2.45, 2.75) is 26.0 Å². The van der Waals surface area contributed by atoms with Gasteiger partial charge in [-0.1, -0.05) is 13.0 Å². The highest BCUT2D eigenvalue weighted by atomic mass is 19.3. The molecule has 0 aliphatic heterocycles. The van der Waals surface area contributed by atoms with Gasteiger partial charge in [-0.3, -0.25) is 19.4 Å². The highest BCUT2D eigenvalue weighted by Gasteiger charge is 2.20. The summed E-state index contributed by atoms with van der Waals surface area (Å²) in [5.74, 6) is -2.26. The number of amides is 2. The smallest absolute Gasteiger partial charge is 0.387 e. The standard InChI is InChI=1S/C16H18F2N6O4/c1-2-9(11(19)25)22-16-23-13(10(12(20)26)14(27)24-16)21-7-4-3-5-8(6-7)28-15(17)18/h3-6,9,15H,2H2,1H3,(H2,19,25)(H2,20,26)(H3,21,22,23,24,27). The first kappa shape index (κ1) is 20.6. The predicted molar refractivity (Wildman–Crippen MR) is 96.6 cm³/mol. The first-order chi connectivity index (χ1) is 13.2. The van der Waals surface area contributed by atoms with E-state index in [-0.39, 0.29) is 23.2 Å². The minimum Gasteiger partial charge on any atom is -0.435 e. The number of hydrogen-bond acceptors (Lipinski definition) is 7. The van der Waals surface area contributed by atoms with Crippen LogP contribution in [0.1, 0.15) is 23.7 Å². The number of H-pyrrole nitrogens is 1. The van der Waals surface area contributed by atoms with Gasteiger partial charge in [0.15, 0.2) is 5.82 Å². The number of aromatic nitrogens is 2. The number of hydrogen-bond donors (Lipinski definition) is 5. The molecule has 1 atom stereocenters. The van der Waals surface area contributed by atoms with Gasteiger partial charge < -0.3 is 26.8 Å². The zero-order valence-corrected chi connectivity index (χ0v) is 14.7. The van der Waals surface area contributed by atoms with Crippen molar-refractivity contribution >= 4 is 29.3 Å². The van der Waals surface area contributed by atoms with E-state index in [1.54, 1.807) is 6.92 Å². The molecule has 10 nitrogen and oxygen atoms in total. The minimum atomic E-state index is -3.02. The zero-order valence-electron chi connectivity index (χ0n) is 14.7. The van der Waals surface area contributed by atoms with Gasteiger partial charge in [-0.15, -0.1) is 0 Å². The van der Waals surface area contributed by atoms with Crippen LogP contribution in [0.3, 0.4) is 0 Å². The summed E-state index contributed by atoms with van der Waals surface area (Å²) in [5, 5.41) is 5.30.